The third-order valence-electron chi connectivity index (χ3n) is 3.02. The van der Waals surface area contributed by atoms with Gasteiger partial charge in [-0.1, -0.05) is 0 Å². The molecule has 1 fully saturated rings. The van der Waals surface area contributed by atoms with Crippen LogP contribution in [0.25, 0.3) is 0 Å². The van der Waals surface area contributed by atoms with Gasteiger partial charge in [-0.2, -0.15) is 0 Å². The van der Waals surface area contributed by atoms with Gasteiger partial charge in [-0.3, -0.25) is 4.79 Å². The van der Waals surface area contributed by atoms with Crippen LogP contribution in [0.2, 0.25) is 0 Å². The SMILES string of the molecule is CNCC1CCCN(C(=O)C(C)OC)C1.Cl. The summed E-state index contributed by atoms with van der Waals surface area (Å²) in [4.78, 5) is 13.8. The molecule has 1 amide bonds. The number of rotatable bonds is 4. The molecule has 2 unspecified atom stereocenters. The summed E-state index contributed by atoms with van der Waals surface area (Å²) in [5, 5.41) is 3.17. The number of ether oxygens (including phenoxy) is 1. The molecule has 0 spiro atoms. The molecule has 96 valence electrons. The van der Waals surface area contributed by atoms with Gasteiger partial charge in [0, 0.05) is 20.2 Å². The van der Waals surface area contributed by atoms with E-state index in [0.29, 0.717) is 5.92 Å². The third-order valence-corrected chi connectivity index (χ3v) is 3.02. The molecule has 4 nitrogen and oxygen atoms in total. The van der Waals surface area contributed by atoms with Crippen LogP contribution in [0, 0.1) is 5.92 Å². The van der Waals surface area contributed by atoms with Gasteiger partial charge in [0.1, 0.15) is 6.10 Å². The zero-order chi connectivity index (χ0) is 11.3. The van der Waals surface area contributed by atoms with Crippen LogP contribution in [0.4, 0.5) is 0 Å². The van der Waals surface area contributed by atoms with Gasteiger partial charge in [0.2, 0.25) is 0 Å². The van der Waals surface area contributed by atoms with E-state index < -0.39 is 0 Å². The summed E-state index contributed by atoms with van der Waals surface area (Å²) in [6.07, 6.45) is 2.01. The Hall–Kier alpha value is -0.320. The lowest BCUT2D eigenvalue weighted by molar-refractivity contribution is -0.142. The molecule has 2 atom stereocenters. The van der Waals surface area contributed by atoms with Gasteiger partial charge >= 0.3 is 0 Å². The fraction of sp³-hybridized carbons (Fsp3) is 0.909. The molecule has 1 rings (SSSR count). The summed E-state index contributed by atoms with van der Waals surface area (Å²) in [7, 11) is 3.54. The highest BCUT2D eigenvalue weighted by Crippen LogP contribution is 2.16. The first-order valence-corrected chi connectivity index (χ1v) is 5.65. The Morgan fingerprint density at radius 3 is 2.88 bits per heavy atom. The monoisotopic (exact) mass is 250 g/mol. The predicted octanol–water partition coefficient (Wildman–Crippen LogP) is 0.901. The van der Waals surface area contributed by atoms with Crippen molar-refractivity contribution in [2.45, 2.75) is 25.9 Å². The minimum Gasteiger partial charge on any atom is -0.372 e. The van der Waals surface area contributed by atoms with E-state index in [9.17, 15) is 4.79 Å². The van der Waals surface area contributed by atoms with Crippen LogP contribution in [0.3, 0.4) is 0 Å². The number of hydrogen-bond acceptors (Lipinski definition) is 3. The fourth-order valence-electron chi connectivity index (χ4n) is 2.08. The summed E-state index contributed by atoms with van der Waals surface area (Å²) in [5.41, 5.74) is 0. The molecular formula is C11H23ClN2O2. The van der Waals surface area contributed by atoms with E-state index in [4.69, 9.17) is 4.74 Å². The van der Waals surface area contributed by atoms with Crippen LogP contribution in [-0.2, 0) is 9.53 Å². The first-order valence-electron chi connectivity index (χ1n) is 5.65. The zero-order valence-corrected chi connectivity index (χ0v) is 11.2. The van der Waals surface area contributed by atoms with E-state index in [2.05, 4.69) is 5.32 Å². The molecule has 1 heterocycles. The molecule has 1 saturated heterocycles. The van der Waals surface area contributed by atoms with Crippen molar-refractivity contribution in [2.75, 3.05) is 33.8 Å². The average molecular weight is 251 g/mol. The molecule has 1 N–H and O–H groups in total. The second-order valence-electron chi connectivity index (χ2n) is 4.23. The van der Waals surface area contributed by atoms with Crippen molar-refractivity contribution in [1.29, 1.82) is 0 Å². The second-order valence-corrected chi connectivity index (χ2v) is 4.23. The molecule has 1 aliphatic rings. The third kappa shape index (κ3) is 4.28. The highest BCUT2D eigenvalue weighted by Gasteiger charge is 2.26. The maximum Gasteiger partial charge on any atom is 0.251 e. The lowest BCUT2D eigenvalue weighted by Gasteiger charge is -2.34. The quantitative estimate of drug-likeness (QED) is 0.806. The lowest BCUT2D eigenvalue weighted by Crippen LogP contribution is -2.46. The Morgan fingerprint density at radius 2 is 2.31 bits per heavy atom. The Balaban J connectivity index is 0.00000225. The number of likely N-dealkylation sites (tertiary alicyclic amines) is 1. The zero-order valence-electron chi connectivity index (χ0n) is 10.4. The minimum atomic E-state index is -0.307. The van der Waals surface area contributed by atoms with Crippen LogP contribution in [0.1, 0.15) is 19.8 Å². The van der Waals surface area contributed by atoms with Crippen LogP contribution in [0.15, 0.2) is 0 Å². The van der Waals surface area contributed by atoms with Crippen LogP contribution in [0.5, 0.6) is 0 Å². The van der Waals surface area contributed by atoms with Gasteiger partial charge in [-0.05, 0) is 39.3 Å². The summed E-state index contributed by atoms with van der Waals surface area (Å²) in [6.45, 7) is 4.55. The van der Waals surface area contributed by atoms with Crippen molar-refractivity contribution in [3.63, 3.8) is 0 Å². The Bertz CT molecular complexity index is 212. The van der Waals surface area contributed by atoms with Gasteiger partial charge in [-0.25, -0.2) is 0 Å². The van der Waals surface area contributed by atoms with Gasteiger partial charge in [0.25, 0.3) is 5.91 Å². The first-order chi connectivity index (χ1) is 7.19. The van der Waals surface area contributed by atoms with Crippen molar-refractivity contribution in [3.05, 3.63) is 0 Å². The molecule has 0 aromatic rings. The first kappa shape index (κ1) is 15.7. The van der Waals surface area contributed by atoms with E-state index in [0.717, 1.165) is 26.1 Å². The predicted molar refractivity (Wildman–Crippen MR) is 66.9 cm³/mol. The van der Waals surface area contributed by atoms with Gasteiger partial charge < -0.3 is 15.0 Å². The Kier molecular flexibility index (Phi) is 7.72. The molecule has 0 saturated carbocycles. The van der Waals surface area contributed by atoms with E-state index in [-0.39, 0.29) is 24.4 Å². The Morgan fingerprint density at radius 1 is 1.62 bits per heavy atom. The summed E-state index contributed by atoms with van der Waals surface area (Å²) < 4.78 is 5.05. The highest BCUT2D eigenvalue weighted by molar-refractivity contribution is 5.85. The number of halogens is 1. The van der Waals surface area contributed by atoms with E-state index in [1.165, 1.54) is 6.42 Å². The molecule has 0 bridgehead atoms. The van der Waals surface area contributed by atoms with E-state index in [1.54, 1.807) is 7.11 Å². The normalized spacial score (nSPS) is 22.4. The van der Waals surface area contributed by atoms with Gasteiger partial charge in [0.15, 0.2) is 0 Å². The maximum atomic E-state index is 11.9. The number of nitrogens with one attached hydrogen (secondary N) is 1. The maximum absolute atomic E-state index is 11.9. The van der Waals surface area contributed by atoms with Crippen LogP contribution in [-0.4, -0.2) is 50.7 Å². The van der Waals surface area contributed by atoms with Crippen LogP contribution < -0.4 is 5.32 Å². The highest BCUT2D eigenvalue weighted by atomic mass is 35.5. The second kappa shape index (κ2) is 7.87. The van der Waals surface area contributed by atoms with Crippen molar-refractivity contribution in [2.24, 2.45) is 5.92 Å². The lowest BCUT2D eigenvalue weighted by atomic mass is 9.97. The molecule has 0 aromatic heterocycles. The molecular weight excluding hydrogens is 228 g/mol. The molecule has 0 aromatic carbocycles. The number of carbonyl (C=O) groups is 1. The van der Waals surface area contributed by atoms with Crippen molar-refractivity contribution in [1.82, 2.24) is 10.2 Å². The molecule has 0 radical (unpaired) electrons. The fourth-order valence-corrected chi connectivity index (χ4v) is 2.08. The van der Waals surface area contributed by atoms with Gasteiger partial charge in [0.05, 0.1) is 0 Å². The summed E-state index contributed by atoms with van der Waals surface area (Å²) in [6, 6.07) is 0. The molecule has 0 aliphatic carbocycles. The standard InChI is InChI=1S/C11H22N2O2.ClH/c1-9(15-3)11(14)13-6-4-5-10(8-13)7-12-2;/h9-10,12H,4-8H2,1-3H3;1H. The number of nitrogens with zero attached hydrogens (tertiary/aromatic N) is 1. The number of amides is 1. The molecule has 5 heteroatoms. The Labute approximate surface area is 104 Å². The van der Waals surface area contributed by atoms with Crippen molar-refractivity contribution < 1.29 is 9.53 Å². The van der Waals surface area contributed by atoms with Crippen molar-refractivity contribution in [3.8, 4) is 0 Å². The number of hydrogen-bond donors (Lipinski definition) is 1. The molecule has 16 heavy (non-hydrogen) atoms. The van der Waals surface area contributed by atoms with Gasteiger partial charge in [-0.15, -0.1) is 12.4 Å². The summed E-state index contributed by atoms with van der Waals surface area (Å²) in [5.74, 6) is 0.718. The van der Waals surface area contributed by atoms with Crippen LogP contribution >= 0.6 is 12.4 Å². The topological polar surface area (TPSA) is 41.6 Å². The van der Waals surface area contributed by atoms with E-state index >= 15 is 0 Å². The average Bonchev–Trinajstić information content (AvgIpc) is 2.28. The van der Waals surface area contributed by atoms with Crippen molar-refractivity contribution >= 4 is 18.3 Å². The smallest absolute Gasteiger partial charge is 0.251 e. The number of methoxy groups -OCH3 is 1. The molecule has 1 aliphatic heterocycles. The largest absolute Gasteiger partial charge is 0.372 e. The number of piperidine rings is 1. The van der Waals surface area contributed by atoms with E-state index in [1.807, 2.05) is 18.9 Å². The minimum absolute atomic E-state index is 0. The summed E-state index contributed by atoms with van der Waals surface area (Å²) >= 11 is 0. The number of carbonyl (C=O) groups excluding carboxylic acids is 1.